The van der Waals surface area contributed by atoms with E-state index in [4.69, 9.17) is 0 Å². The lowest BCUT2D eigenvalue weighted by molar-refractivity contribution is 0.545. The van der Waals surface area contributed by atoms with E-state index in [0.717, 1.165) is 37.1 Å². The van der Waals surface area contributed by atoms with Gasteiger partial charge in [-0.25, -0.2) is 4.98 Å². The summed E-state index contributed by atoms with van der Waals surface area (Å²) in [5, 5.41) is 3.28. The number of nitrogens with zero attached hydrogens (tertiary/aromatic N) is 3. The third kappa shape index (κ3) is 3.59. The van der Waals surface area contributed by atoms with Gasteiger partial charge in [-0.2, -0.15) is 0 Å². The van der Waals surface area contributed by atoms with E-state index in [1.165, 1.54) is 25.7 Å². The molecule has 2 rings (SSSR count). The zero-order valence-electron chi connectivity index (χ0n) is 11.5. The van der Waals surface area contributed by atoms with Gasteiger partial charge in [-0.05, 0) is 25.2 Å². The van der Waals surface area contributed by atoms with Crippen LogP contribution in [0.15, 0.2) is 12.4 Å². The number of rotatable bonds is 6. The molecule has 4 nitrogen and oxygen atoms in total. The first-order chi connectivity index (χ1) is 8.79. The van der Waals surface area contributed by atoms with E-state index in [1.807, 2.05) is 6.20 Å². The van der Waals surface area contributed by atoms with Gasteiger partial charge in [0.2, 0.25) is 0 Å². The number of nitrogens with one attached hydrogen (secondary N) is 1. The highest BCUT2D eigenvalue weighted by atomic mass is 15.2. The molecular formula is C14H24N4. The van der Waals surface area contributed by atoms with Gasteiger partial charge in [0.05, 0.1) is 12.4 Å². The van der Waals surface area contributed by atoms with E-state index in [2.05, 4.69) is 34.2 Å². The predicted octanol–water partition coefficient (Wildman–Crippen LogP) is 2.92. The van der Waals surface area contributed by atoms with Crippen molar-refractivity contribution in [2.45, 2.75) is 39.0 Å². The Balaban J connectivity index is 1.93. The molecule has 1 aromatic heterocycles. The predicted molar refractivity (Wildman–Crippen MR) is 76.0 cm³/mol. The third-order valence-electron chi connectivity index (χ3n) is 3.58. The topological polar surface area (TPSA) is 41.1 Å². The molecule has 1 heterocycles. The van der Waals surface area contributed by atoms with Crippen LogP contribution in [0.2, 0.25) is 0 Å². The van der Waals surface area contributed by atoms with E-state index in [0.29, 0.717) is 0 Å². The van der Waals surface area contributed by atoms with E-state index >= 15 is 0 Å². The number of hydrogen-bond donors (Lipinski definition) is 1. The molecular weight excluding hydrogens is 224 g/mol. The summed E-state index contributed by atoms with van der Waals surface area (Å²) in [5.74, 6) is 2.69. The number of aromatic nitrogens is 2. The summed E-state index contributed by atoms with van der Waals surface area (Å²) in [5.41, 5.74) is 0. The Kier molecular flexibility index (Phi) is 4.79. The summed E-state index contributed by atoms with van der Waals surface area (Å²) < 4.78 is 0. The lowest BCUT2D eigenvalue weighted by Crippen LogP contribution is -2.25. The Morgan fingerprint density at radius 1 is 1.33 bits per heavy atom. The minimum absolute atomic E-state index is 0.837. The molecule has 1 aromatic rings. The third-order valence-corrected chi connectivity index (χ3v) is 3.58. The van der Waals surface area contributed by atoms with Crippen LogP contribution in [-0.2, 0) is 0 Å². The molecule has 0 amide bonds. The Hall–Kier alpha value is -1.32. The molecule has 1 aliphatic rings. The second-order valence-corrected chi connectivity index (χ2v) is 5.22. The maximum absolute atomic E-state index is 4.60. The summed E-state index contributed by atoms with van der Waals surface area (Å²) in [6.07, 6.45) is 10.3. The van der Waals surface area contributed by atoms with Gasteiger partial charge in [-0.3, -0.25) is 4.98 Å². The molecule has 18 heavy (non-hydrogen) atoms. The van der Waals surface area contributed by atoms with Crippen LogP contribution >= 0.6 is 0 Å². The zero-order chi connectivity index (χ0) is 12.8. The van der Waals surface area contributed by atoms with Crippen LogP contribution < -0.4 is 10.2 Å². The van der Waals surface area contributed by atoms with Crippen molar-refractivity contribution in [2.75, 3.05) is 30.4 Å². The van der Waals surface area contributed by atoms with Crippen LogP contribution in [0.4, 0.5) is 11.6 Å². The second kappa shape index (κ2) is 6.57. The van der Waals surface area contributed by atoms with Crippen LogP contribution in [0.3, 0.4) is 0 Å². The maximum Gasteiger partial charge on any atom is 0.149 e. The normalized spacial score (nSPS) is 15.9. The van der Waals surface area contributed by atoms with Crippen molar-refractivity contribution in [3.63, 3.8) is 0 Å². The highest BCUT2D eigenvalue weighted by Gasteiger charge is 2.17. The molecule has 0 saturated heterocycles. The van der Waals surface area contributed by atoms with Crippen LogP contribution in [0.1, 0.15) is 39.0 Å². The van der Waals surface area contributed by atoms with Crippen molar-refractivity contribution in [1.82, 2.24) is 9.97 Å². The fourth-order valence-electron chi connectivity index (χ4n) is 2.55. The summed E-state index contributed by atoms with van der Waals surface area (Å²) in [6.45, 7) is 4.20. The first-order valence-electron chi connectivity index (χ1n) is 7.06. The van der Waals surface area contributed by atoms with Crippen LogP contribution in [-0.4, -0.2) is 30.1 Å². The molecule has 1 fully saturated rings. The number of anilines is 2. The van der Waals surface area contributed by atoms with Crippen molar-refractivity contribution in [2.24, 2.45) is 5.92 Å². The Labute approximate surface area is 110 Å². The van der Waals surface area contributed by atoms with Crippen molar-refractivity contribution in [3.8, 4) is 0 Å². The van der Waals surface area contributed by atoms with E-state index in [1.54, 1.807) is 6.20 Å². The molecule has 1 saturated carbocycles. The van der Waals surface area contributed by atoms with Crippen molar-refractivity contribution in [1.29, 1.82) is 0 Å². The SMILES string of the molecule is CCCNc1cncc(N(C)CC2CCCC2)n1. The largest absolute Gasteiger partial charge is 0.369 e. The van der Waals surface area contributed by atoms with Crippen molar-refractivity contribution in [3.05, 3.63) is 12.4 Å². The van der Waals surface area contributed by atoms with Gasteiger partial charge < -0.3 is 10.2 Å². The standard InChI is InChI=1S/C14H24N4/c1-3-8-16-13-9-15-10-14(17-13)18(2)11-12-6-4-5-7-12/h9-10,12H,3-8,11H2,1-2H3,(H,16,17). The summed E-state index contributed by atoms with van der Waals surface area (Å²) in [4.78, 5) is 11.1. The molecule has 4 heteroatoms. The van der Waals surface area contributed by atoms with Gasteiger partial charge in [-0.15, -0.1) is 0 Å². The summed E-state index contributed by atoms with van der Waals surface area (Å²) in [6, 6.07) is 0. The van der Waals surface area contributed by atoms with Gasteiger partial charge in [0.15, 0.2) is 0 Å². The second-order valence-electron chi connectivity index (χ2n) is 5.22. The highest BCUT2D eigenvalue weighted by molar-refractivity contribution is 5.43. The monoisotopic (exact) mass is 248 g/mol. The summed E-state index contributed by atoms with van der Waals surface area (Å²) >= 11 is 0. The molecule has 0 atom stereocenters. The average molecular weight is 248 g/mol. The highest BCUT2D eigenvalue weighted by Crippen LogP contribution is 2.26. The Morgan fingerprint density at radius 3 is 2.83 bits per heavy atom. The Bertz CT molecular complexity index is 361. The van der Waals surface area contributed by atoms with E-state index in [9.17, 15) is 0 Å². The van der Waals surface area contributed by atoms with Crippen LogP contribution in [0, 0.1) is 5.92 Å². The first-order valence-corrected chi connectivity index (χ1v) is 7.06. The summed E-state index contributed by atoms with van der Waals surface area (Å²) in [7, 11) is 2.12. The van der Waals surface area contributed by atoms with Gasteiger partial charge in [0.1, 0.15) is 11.6 Å². The molecule has 0 aliphatic heterocycles. The fraction of sp³-hybridized carbons (Fsp3) is 0.714. The molecule has 1 aliphatic carbocycles. The average Bonchev–Trinajstić information content (AvgIpc) is 2.89. The molecule has 0 radical (unpaired) electrons. The maximum atomic E-state index is 4.60. The lowest BCUT2D eigenvalue weighted by atomic mass is 10.1. The van der Waals surface area contributed by atoms with Gasteiger partial charge in [0.25, 0.3) is 0 Å². The zero-order valence-corrected chi connectivity index (χ0v) is 11.5. The van der Waals surface area contributed by atoms with Gasteiger partial charge in [-0.1, -0.05) is 19.8 Å². The molecule has 0 unspecified atom stereocenters. The lowest BCUT2D eigenvalue weighted by Gasteiger charge is -2.22. The van der Waals surface area contributed by atoms with Crippen molar-refractivity contribution < 1.29 is 0 Å². The van der Waals surface area contributed by atoms with Crippen LogP contribution in [0.5, 0.6) is 0 Å². The fourth-order valence-corrected chi connectivity index (χ4v) is 2.55. The molecule has 1 N–H and O–H groups in total. The molecule has 0 spiro atoms. The minimum atomic E-state index is 0.837. The van der Waals surface area contributed by atoms with Gasteiger partial charge >= 0.3 is 0 Å². The molecule has 0 aromatic carbocycles. The van der Waals surface area contributed by atoms with Gasteiger partial charge in [0, 0.05) is 20.1 Å². The van der Waals surface area contributed by atoms with Crippen molar-refractivity contribution >= 4 is 11.6 Å². The van der Waals surface area contributed by atoms with E-state index in [-0.39, 0.29) is 0 Å². The number of hydrogen-bond acceptors (Lipinski definition) is 4. The first kappa shape index (κ1) is 13.1. The minimum Gasteiger partial charge on any atom is -0.369 e. The molecule has 0 bridgehead atoms. The van der Waals surface area contributed by atoms with E-state index < -0.39 is 0 Å². The quantitative estimate of drug-likeness (QED) is 0.840. The Morgan fingerprint density at radius 2 is 2.11 bits per heavy atom. The molecule has 100 valence electrons. The van der Waals surface area contributed by atoms with Crippen LogP contribution in [0.25, 0.3) is 0 Å². The smallest absolute Gasteiger partial charge is 0.149 e.